The maximum absolute atomic E-state index is 6.37. The first-order valence-electron chi connectivity index (χ1n) is 7.08. The van der Waals surface area contributed by atoms with E-state index in [4.69, 9.17) is 33.7 Å². The summed E-state index contributed by atoms with van der Waals surface area (Å²) < 4.78 is 5.70. The number of para-hydroxylation sites is 1. The number of fused-ring (bicyclic) bond motifs is 1. The van der Waals surface area contributed by atoms with E-state index in [-0.39, 0.29) is 6.04 Å². The summed E-state index contributed by atoms with van der Waals surface area (Å²) in [6.07, 6.45) is 1.77. The monoisotopic (exact) mass is 321 g/mol. The number of hydrogen-bond donors (Lipinski definition) is 1. The van der Waals surface area contributed by atoms with Gasteiger partial charge in [0.1, 0.15) is 5.75 Å². The van der Waals surface area contributed by atoms with E-state index in [1.165, 1.54) is 5.56 Å². The number of nitrogens with two attached hydrogens (primary N) is 1. The molecule has 21 heavy (non-hydrogen) atoms. The quantitative estimate of drug-likeness (QED) is 0.868. The normalized spacial score (nSPS) is 18.7. The number of hydrogen-bond acceptors (Lipinski definition) is 2. The van der Waals surface area contributed by atoms with Crippen molar-refractivity contribution in [2.24, 2.45) is 5.73 Å². The summed E-state index contributed by atoms with van der Waals surface area (Å²) in [4.78, 5) is 0. The fraction of sp³-hybridized carbons (Fsp3) is 0.294. The van der Waals surface area contributed by atoms with Gasteiger partial charge >= 0.3 is 0 Å². The van der Waals surface area contributed by atoms with Crippen molar-refractivity contribution in [1.82, 2.24) is 0 Å². The molecular formula is C17H17Cl2NO. The maximum atomic E-state index is 6.37. The Hall–Kier alpha value is -1.22. The Kier molecular flexibility index (Phi) is 4.39. The van der Waals surface area contributed by atoms with Gasteiger partial charge in [-0.05, 0) is 42.5 Å². The Labute approximate surface area is 134 Å². The van der Waals surface area contributed by atoms with Crippen LogP contribution in [-0.2, 0) is 0 Å². The fourth-order valence-electron chi connectivity index (χ4n) is 2.95. The summed E-state index contributed by atoms with van der Waals surface area (Å²) >= 11 is 12.5. The van der Waals surface area contributed by atoms with Crippen LogP contribution in [0.2, 0.25) is 10.0 Å². The summed E-state index contributed by atoms with van der Waals surface area (Å²) in [6, 6.07) is 13.5. The van der Waals surface area contributed by atoms with E-state index in [9.17, 15) is 0 Å². The second kappa shape index (κ2) is 6.27. The van der Waals surface area contributed by atoms with Crippen molar-refractivity contribution in [3.8, 4) is 5.75 Å². The molecule has 2 aromatic carbocycles. The highest BCUT2D eigenvalue weighted by Crippen LogP contribution is 2.40. The molecule has 4 heteroatoms. The first-order valence-corrected chi connectivity index (χ1v) is 7.83. The van der Waals surface area contributed by atoms with Gasteiger partial charge in [-0.3, -0.25) is 0 Å². The molecule has 2 atom stereocenters. The van der Waals surface area contributed by atoms with Crippen molar-refractivity contribution in [2.45, 2.75) is 24.8 Å². The van der Waals surface area contributed by atoms with Crippen LogP contribution >= 0.6 is 23.2 Å². The smallest absolute Gasteiger partial charge is 0.122 e. The molecule has 0 bridgehead atoms. The number of halogens is 2. The van der Waals surface area contributed by atoms with Crippen molar-refractivity contribution in [3.63, 3.8) is 0 Å². The Morgan fingerprint density at radius 2 is 1.81 bits per heavy atom. The molecule has 2 unspecified atom stereocenters. The van der Waals surface area contributed by atoms with E-state index in [0.29, 0.717) is 16.0 Å². The molecule has 3 rings (SSSR count). The molecular weight excluding hydrogens is 305 g/mol. The van der Waals surface area contributed by atoms with Crippen LogP contribution in [0.15, 0.2) is 42.5 Å². The lowest BCUT2D eigenvalue weighted by Crippen LogP contribution is -2.20. The average Bonchev–Trinajstić information content (AvgIpc) is 2.47. The highest BCUT2D eigenvalue weighted by Gasteiger charge is 2.25. The summed E-state index contributed by atoms with van der Waals surface area (Å²) in [5.74, 6) is 1.34. The molecule has 2 N–H and O–H groups in total. The highest BCUT2D eigenvalue weighted by molar-refractivity contribution is 6.36. The Balaban J connectivity index is 1.85. The Morgan fingerprint density at radius 1 is 1.10 bits per heavy atom. The third-order valence-electron chi connectivity index (χ3n) is 3.99. The van der Waals surface area contributed by atoms with Gasteiger partial charge in [0.2, 0.25) is 0 Å². The van der Waals surface area contributed by atoms with Crippen molar-refractivity contribution in [2.75, 3.05) is 6.61 Å². The van der Waals surface area contributed by atoms with Gasteiger partial charge in [-0.15, -0.1) is 0 Å². The number of benzene rings is 2. The van der Waals surface area contributed by atoms with E-state index in [2.05, 4.69) is 6.07 Å². The molecule has 0 aliphatic carbocycles. The first kappa shape index (κ1) is 14.7. The molecule has 0 fully saturated rings. The molecule has 0 radical (unpaired) electrons. The van der Waals surface area contributed by atoms with Crippen LogP contribution in [0.1, 0.15) is 35.9 Å². The van der Waals surface area contributed by atoms with Crippen LogP contribution in [0, 0.1) is 0 Å². The van der Waals surface area contributed by atoms with Crippen molar-refractivity contribution >= 4 is 23.2 Å². The SMILES string of the molecule is NC(CC1CCOc2ccccc21)c1c(Cl)cccc1Cl. The zero-order valence-electron chi connectivity index (χ0n) is 11.6. The number of ether oxygens (including phenoxy) is 1. The predicted molar refractivity (Wildman–Crippen MR) is 87.3 cm³/mol. The van der Waals surface area contributed by atoms with Gasteiger partial charge in [-0.2, -0.15) is 0 Å². The van der Waals surface area contributed by atoms with Crippen LogP contribution in [0.4, 0.5) is 0 Å². The zero-order chi connectivity index (χ0) is 14.8. The third kappa shape index (κ3) is 3.03. The molecule has 1 heterocycles. The van der Waals surface area contributed by atoms with Crippen LogP contribution < -0.4 is 10.5 Å². The van der Waals surface area contributed by atoms with Gasteiger partial charge in [0.25, 0.3) is 0 Å². The Bertz CT molecular complexity index is 624. The summed E-state index contributed by atoms with van der Waals surface area (Å²) in [5.41, 5.74) is 8.44. The minimum atomic E-state index is -0.178. The van der Waals surface area contributed by atoms with E-state index in [1.807, 2.05) is 36.4 Å². The summed E-state index contributed by atoms with van der Waals surface area (Å²) in [6.45, 7) is 0.727. The van der Waals surface area contributed by atoms with Gasteiger partial charge in [0.05, 0.1) is 6.61 Å². The van der Waals surface area contributed by atoms with Crippen LogP contribution in [-0.4, -0.2) is 6.61 Å². The van der Waals surface area contributed by atoms with Gasteiger partial charge in [-0.25, -0.2) is 0 Å². The third-order valence-corrected chi connectivity index (χ3v) is 4.65. The lowest BCUT2D eigenvalue weighted by molar-refractivity contribution is 0.259. The van der Waals surface area contributed by atoms with Gasteiger partial charge in [0.15, 0.2) is 0 Å². The minimum Gasteiger partial charge on any atom is -0.493 e. The molecule has 0 saturated heterocycles. The van der Waals surface area contributed by atoms with E-state index in [0.717, 1.165) is 30.8 Å². The molecule has 2 aromatic rings. The maximum Gasteiger partial charge on any atom is 0.122 e. The lowest BCUT2D eigenvalue weighted by Gasteiger charge is -2.28. The van der Waals surface area contributed by atoms with Crippen LogP contribution in [0.5, 0.6) is 5.75 Å². The number of rotatable bonds is 3. The van der Waals surface area contributed by atoms with E-state index >= 15 is 0 Å². The zero-order valence-corrected chi connectivity index (χ0v) is 13.1. The van der Waals surface area contributed by atoms with Crippen molar-refractivity contribution < 1.29 is 4.74 Å². The highest BCUT2D eigenvalue weighted by atomic mass is 35.5. The van der Waals surface area contributed by atoms with Gasteiger partial charge in [0, 0.05) is 21.7 Å². The molecule has 0 amide bonds. The minimum absolute atomic E-state index is 0.178. The topological polar surface area (TPSA) is 35.2 Å². The fourth-order valence-corrected chi connectivity index (χ4v) is 3.63. The van der Waals surface area contributed by atoms with Crippen molar-refractivity contribution in [1.29, 1.82) is 0 Å². The molecule has 1 aliphatic rings. The molecule has 0 spiro atoms. The first-order chi connectivity index (χ1) is 10.2. The van der Waals surface area contributed by atoms with Crippen LogP contribution in [0.3, 0.4) is 0 Å². The van der Waals surface area contributed by atoms with Gasteiger partial charge < -0.3 is 10.5 Å². The van der Waals surface area contributed by atoms with E-state index < -0.39 is 0 Å². The lowest BCUT2D eigenvalue weighted by atomic mass is 9.86. The van der Waals surface area contributed by atoms with Gasteiger partial charge in [-0.1, -0.05) is 47.5 Å². The second-order valence-corrected chi connectivity index (χ2v) is 6.16. The van der Waals surface area contributed by atoms with Crippen LogP contribution in [0.25, 0.3) is 0 Å². The Morgan fingerprint density at radius 3 is 2.57 bits per heavy atom. The molecule has 0 aromatic heterocycles. The molecule has 0 saturated carbocycles. The van der Waals surface area contributed by atoms with Crippen molar-refractivity contribution in [3.05, 3.63) is 63.6 Å². The standard InChI is InChI=1S/C17H17Cl2NO/c18-13-5-3-6-14(19)17(13)15(20)10-11-8-9-21-16-7-2-1-4-12(11)16/h1-7,11,15H,8-10,20H2. The van der Waals surface area contributed by atoms with E-state index in [1.54, 1.807) is 0 Å². The molecule has 110 valence electrons. The summed E-state index contributed by atoms with van der Waals surface area (Å²) in [7, 11) is 0. The molecule has 2 nitrogen and oxygen atoms in total. The predicted octanol–water partition coefficient (Wildman–Crippen LogP) is 4.95. The average molecular weight is 322 g/mol. The molecule has 1 aliphatic heterocycles. The second-order valence-electron chi connectivity index (χ2n) is 5.35. The largest absolute Gasteiger partial charge is 0.493 e. The summed E-state index contributed by atoms with van der Waals surface area (Å²) in [5, 5.41) is 1.27.